The quantitative estimate of drug-likeness (QED) is 0.788. The van der Waals surface area contributed by atoms with Gasteiger partial charge in [-0.3, -0.25) is 0 Å². The summed E-state index contributed by atoms with van der Waals surface area (Å²) in [6, 6.07) is 6.01. The normalized spacial score (nSPS) is 11.2. The van der Waals surface area contributed by atoms with Crippen molar-refractivity contribution in [3.8, 4) is 0 Å². The molecule has 0 N–H and O–H groups in total. The van der Waals surface area contributed by atoms with Crippen LogP contribution in [-0.2, 0) is 17.9 Å². The van der Waals surface area contributed by atoms with Gasteiger partial charge in [0.15, 0.2) is 0 Å². The average molecular weight is 238 g/mol. The van der Waals surface area contributed by atoms with E-state index in [1.165, 1.54) is 11.1 Å². The Morgan fingerprint density at radius 1 is 1.31 bits per heavy atom. The Morgan fingerprint density at radius 3 is 2.81 bits per heavy atom. The van der Waals surface area contributed by atoms with Crippen LogP contribution < -0.4 is 0 Å². The molecule has 0 aliphatic heterocycles. The number of ether oxygens (including phenoxy) is 1. The van der Waals surface area contributed by atoms with Crippen molar-refractivity contribution in [1.82, 2.24) is 4.57 Å². The zero-order valence-corrected chi connectivity index (χ0v) is 10.4. The summed E-state index contributed by atoms with van der Waals surface area (Å²) in [6.07, 6.45) is 2.13. The lowest BCUT2D eigenvalue weighted by molar-refractivity contribution is 0.135. The van der Waals surface area contributed by atoms with Gasteiger partial charge in [-0.15, -0.1) is 0 Å². The molecule has 0 atom stereocenters. The lowest BCUT2D eigenvalue weighted by Gasteiger charge is -2.01. The molecule has 1 aromatic heterocycles. The first-order valence-electron chi connectivity index (χ1n) is 5.61. The molecule has 3 heteroatoms. The Labute approximate surface area is 101 Å². The van der Waals surface area contributed by atoms with Crippen LogP contribution in [0.3, 0.4) is 0 Å². The SMILES string of the molecule is CCOCc1cn(CC)c2cccc(Cl)c12. The molecular weight excluding hydrogens is 222 g/mol. The Balaban J connectivity index is 2.55. The predicted molar refractivity (Wildman–Crippen MR) is 68.0 cm³/mol. The van der Waals surface area contributed by atoms with Crippen LogP contribution in [0.5, 0.6) is 0 Å². The third-order valence-electron chi connectivity index (χ3n) is 2.74. The van der Waals surface area contributed by atoms with Gasteiger partial charge in [0.2, 0.25) is 0 Å². The number of halogens is 1. The van der Waals surface area contributed by atoms with E-state index in [2.05, 4.69) is 23.8 Å². The second-order valence-electron chi connectivity index (χ2n) is 3.71. The van der Waals surface area contributed by atoms with Crippen LogP contribution in [0.1, 0.15) is 19.4 Å². The minimum atomic E-state index is 0.629. The van der Waals surface area contributed by atoms with Gasteiger partial charge in [-0.2, -0.15) is 0 Å². The van der Waals surface area contributed by atoms with E-state index >= 15 is 0 Å². The minimum absolute atomic E-state index is 0.629. The molecule has 2 aromatic rings. The Morgan fingerprint density at radius 2 is 2.12 bits per heavy atom. The van der Waals surface area contributed by atoms with Crippen molar-refractivity contribution in [2.24, 2.45) is 0 Å². The summed E-state index contributed by atoms with van der Waals surface area (Å²) in [6.45, 7) is 6.43. The Bertz CT molecular complexity index is 490. The van der Waals surface area contributed by atoms with Gasteiger partial charge in [0, 0.05) is 35.8 Å². The Hall–Kier alpha value is -0.990. The number of benzene rings is 1. The number of aryl methyl sites for hydroxylation is 1. The summed E-state index contributed by atoms with van der Waals surface area (Å²) in [4.78, 5) is 0. The smallest absolute Gasteiger partial charge is 0.0738 e. The molecule has 1 aromatic carbocycles. The number of fused-ring (bicyclic) bond motifs is 1. The van der Waals surface area contributed by atoms with E-state index in [0.717, 1.165) is 23.6 Å². The standard InChI is InChI=1S/C13H16ClNO/c1-3-15-8-10(9-16-4-2)13-11(14)6-5-7-12(13)15/h5-8H,3-4,9H2,1-2H3. The lowest BCUT2D eigenvalue weighted by Crippen LogP contribution is -1.91. The molecule has 0 saturated heterocycles. The van der Waals surface area contributed by atoms with Gasteiger partial charge in [-0.05, 0) is 26.0 Å². The zero-order chi connectivity index (χ0) is 11.5. The monoisotopic (exact) mass is 237 g/mol. The summed E-state index contributed by atoms with van der Waals surface area (Å²) in [5.74, 6) is 0. The summed E-state index contributed by atoms with van der Waals surface area (Å²) >= 11 is 6.24. The van der Waals surface area contributed by atoms with Crippen LogP contribution in [0.4, 0.5) is 0 Å². The highest BCUT2D eigenvalue weighted by molar-refractivity contribution is 6.35. The molecule has 2 nitrogen and oxygen atoms in total. The highest BCUT2D eigenvalue weighted by Gasteiger charge is 2.10. The fourth-order valence-corrected chi connectivity index (χ4v) is 2.27. The van der Waals surface area contributed by atoms with Gasteiger partial charge in [-0.25, -0.2) is 0 Å². The molecular formula is C13H16ClNO. The van der Waals surface area contributed by atoms with Crippen molar-refractivity contribution in [1.29, 1.82) is 0 Å². The average Bonchev–Trinajstić information content (AvgIpc) is 2.66. The van der Waals surface area contributed by atoms with E-state index in [-0.39, 0.29) is 0 Å². The first-order chi connectivity index (χ1) is 7.77. The van der Waals surface area contributed by atoms with Crippen molar-refractivity contribution < 1.29 is 4.74 Å². The Kier molecular flexibility index (Phi) is 3.52. The van der Waals surface area contributed by atoms with Crippen LogP contribution in [0.15, 0.2) is 24.4 Å². The maximum absolute atomic E-state index is 6.24. The van der Waals surface area contributed by atoms with Crippen LogP contribution in [0.25, 0.3) is 10.9 Å². The minimum Gasteiger partial charge on any atom is -0.377 e. The maximum Gasteiger partial charge on any atom is 0.0738 e. The van der Waals surface area contributed by atoms with E-state index in [1.54, 1.807) is 0 Å². The molecule has 0 saturated carbocycles. The second kappa shape index (κ2) is 4.89. The van der Waals surface area contributed by atoms with E-state index in [4.69, 9.17) is 16.3 Å². The first kappa shape index (κ1) is 11.5. The van der Waals surface area contributed by atoms with Gasteiger partial charge in [0.05, 0.1) is 11.6 Å². The van der Waals surface area contributed by atoms with Gasteiger partial charge < -0.3 is 9.30 Å². The van der Waals surface area contributed by atoms with Crippen molar-refractivity contribution in [2.45, 2.75) is 27.0 Å². The van der Waals surface area contributed by atoms with Gasteiger partial charge >= 0.3 is 0 Å². The largest absolute Gasteiger partial charge is 0.377 e. The molecule has 0 amide bonds. The lowest BCUT2D eigenvalue weighted by atomic mass is 10.2. The molecule has 2 rings (SSSR count). The molecule has 0 unspecified atom stereocenters. The number of aromatic nitrogens is 1. The van der Waals surface area contributed by atoms with Crippen molar-refractivity contribution in [3.63, 3.8) is 0 Å². The molecule has 0 aliphatic rings. The molecule has 16 heavy (non-hydrogen) atoms. The summed E-state index contributed by atoms with van der Waals surface area (Å²) < 4.78 is 7.67. The molecule has 1 heterocycles. The van der Waals surface area contributed by atoms with E-state index < -0.39 is 0 Å². The first-order valence-corrected chi connectivity index (χ1v) is 5.99. The molecule has 0 fully saturated rings. The molecule has 0 spiro atoms. The zero-order valence-electron chi connectivity index (χ0n) is 9.66. The summed E-state index contributed by atoms with van der Waals surface area (Å²) in [5.41, 5.74) is 2.36. The molecule has 0 aliphatic carbocycles. The third-order valence-corrected chi connectivity index (χ3v) is 3.05. The fraction of sp³-hybridized carbons (Fsp3) is 0.385. The van der Waals surface area contributed by atoms with Crippen LogP contribution >= 0.6 is 11.6 Å². The van der Waals surface area contributed by atoms with Crippen molar-refractivity contribution in [3.05, 3.63) is 35.0 Å². The van der Waals surface area contributed by atoms with E-state index in [0.29, 0.717) is 6.61 Å². The summed E-state index contributed by atoms with van der Waals surface area (Å²) in [7, 11) is 0. The van der Waals surface area contributed by atoms with E-state index in [9.17, 15) is 0 Å². The van der Waals surface area contributed by atoms with Crippen LogP contribution in [-0.4, -0.2) is 11.2 Å². The van der Waals surface area contributed by atoms with Gasteiger partial charge in [0.1, 0.15) is 0 Å². The predicted octanol–water partition coefficient (Wildman–Crippen LogP) is 3.85. The topological polar surface area (TPSA) is 14.2 Å². The number of hydrogen-bond donors (Lipinski definition) is 0. The highest BCUT2D eigenvalue weighted by atomic mass is 35.5. The third kappa shape index (κ3) is 1.95. The second-order valence-corrected chi connectivity index (χ2v) is 4.12. The molecule has 0 bridgehead atoms. The highest BCUT2D eigenvalue weighted by Crippen LogP contribution is 2.29. The molecule has 0 radical (unpaired) electrons. The van der Waals surface area contributed by atoms with E-state index in [1.807, 2.05) is 19.1 Å². The van der Waals surface area contributed by atoms with Crippen molar-refractivity contribution in [2.75, 3.05) is 6.61 Å². The number of nitrogens with zero attached hydrogens (tertiary/aromatic N) is 1. The van der Waals surface area contributed by atoms with Crippen LogP contribution in [0.2, 0.25) is 5.02 Å². The fourth-order valence-electron chi connectivity index (χ4n) is 1.98. The maximum atomic E-state index is 6.24. The number of hydrogen-bond acceptors (Lipinski definition) is 1. The summed E-state index contributed by atoms with van der Waals surface area (Å²) in [5, 5.41) is 1.93. The van der Waals surface area contributed by atoms with Crippen molar-refractivity contribution >= 4 is 22.5 Å². The number of rotatable bonds is 4. The van der Waals surface area contributed by atoms with Gasteiger partial charge in [0.25, 0.3) is 0 Å². The van der Waals surface area contributed by atoms with Gasteiger partial charge in [-0.1, -0.05) is 17.7 Å². The van der Waals surface area contributed by atoms with Crippen LogP contribution in [0, 0.1) is 0 Å². The molecule has 86 valence electrons.